The van der Waals surface area contributed by atoms with E-state index in [0.29, 0.717) is 38.0 Å². The number of nitrogens with one attached hydrogen (secondary N) is 1. The van der Waals surface area contributed by atoms with Crippen LogP contribution in [0.5, 0.6) is 0 Å². The molecule has 1 fully saturated rings. The van der Waals surface area contributed by atoms with Gasteiger partial charge in [0.05, 0.1) is 13.2 Å². The lowest BCUT2D eigenvalue weighted by Crippen LogP contribution is -2.46. The number of morpholine rings is 1. The lowest BCUT2D eigenvalue weighted by atomic mass is 10.2. The van der Waals surface area contributed by atoms with Crippen LogP contribution in [0.4, 0.5) is 5.13 Å². The summed E-state index contributed by atoms with van der Waals surface area (Å²) in [6.45, 7) is 4.26. The minimum Gasteiger partial charge on any atom is -0.448 e. The number of hydrogen-bond acceptors (Lipinski definition) is 7. The molecule has 1 aliphatic heterocycles. The van der Waals surface area contributed by atoms with Crippen LogP contribution in [0.2, 0.25) is 0 Å². The van der Waals surface area contributed by atoms with E-state index in [-0.39, 0.29) is 11.6 Å². The van der Waals surface area contributed by atoms with E-state index in [9.17, 15) is 9.59 Å². The topological polar surface area (TPSA) is 80.8 Å². The molecule has 3 rings (SSSR count). The third-order valence-electron chi connectivity index (χ3n) is 3.95. The summed E-state index contributed by atoms with van der Waals surface area (Å²) in [5.41, 5.74) is 1.32. The first-order chi connectivity index (χ1) is 12.6. The van der Waals surface area contributed by atoms with Gasteiger partial charge in [-0.2, -0.15) is 0 Å². The van der Waals surface area contributed by atoms with E-state index in [2.05, 4.69) is 10.3 Å². The van der Waals surface area contributed by atoms with Crippen molar-refractivity contribution in [2.24, 2.45) is 0 Å². The van der Waals surface area contributed by atoms with Gasteiger partial charge in [-0.15, -0.1) is 11.3 Å². The molecular weight excluding hydrogens is 354 g/mol. The van der Waals surface area contributed by atoms with E-state index >= 15 is 0 Å². The molecule has 138 valence electrons. The van der Waals surface area contributed by atoms with Gasteiger partial charge in [-0.1, -0.05) is 30.3 Å². The van der Waals surface area contributed by atoms with E-state index in [4.69, 9.17) is 9.47 Å². The third kappa shape index (κ3) is 4.80. The van der Waals surface area contributed by atoms with Crippen LogP contribution < -0.4 is 5.32 Å². The van der Waals surface area contributed by atoms with Crippen LogP contribution >= 0.6 is 11.3 Å². The molecule has 8 heteroatoms. The predicted octanol–water partition coefficient (Wildman–Crippen LogP) is 2.16. The average Bonchev–Trinajstić information content (AvgIpc) is 3.16. The fourth-order valence-electron chi connectivity index (χ4n) is 2.53. The van der Waals surface area contributed by atoms with Crippen molar-refractivity contribution in [1.82, 2.24) is 9.88 Å². The predicted molar refractivity (Wildman–Crippen MR) is 98.2 cm³/mol. The zero-order valence-electron chi connectivity index (χ0n) is 14.5. The van der Waals surface area contributed by atoms with Crippen LogP contribution in [0.3, 0.4) is 0 Å². The Hall–Kier alpha value is -2.45. The van der Waals surface area contributed by atoms with E-state index in [0.717, 1.165) is 5.56 Å². The monoisotopic (exact) mass is 375 g/mol. The van der Waals surface area contributed by atoms with Crippen LogP contribution in [0.15, 0.2) is 35.7 Å². The molecule has 2 heterocycles. The van der Waals surface area contributed by atoms with E-state index in [1.54, 1.807) is 17.2 Å². The minimum absolute atomic E-state index is 0.201. The number of thiazole rings is 1. The number of ether oxygens (including phenoxy) is 2. The van der Waals surface area contributed by atoms with Gasteiger partial charge in [0.25, 0.3) is 5.91 Å². The lowest BCUT2D eigenvalue weighted by Gasteiger charge is -2.28. The van der Waals surface area contributed by atoms with Crippen molar-refractivity contribution in [2.75, 3.05) is 31.6 Å². The molecule has 0 radical (unpaired) electrons. The van der Waals surface area contributed by atoms with Crippen LogP contribution in [-0.4, -0.2) is 54.2 Å². The Morgan fingerprint density at radius 2 is 2.04 bits per heavy atom. The Morgan fingerprint density at radius 1 is 1.31 bits per heavy atom. The van der Waals surface area contributed by atoms with Crippen LogP contribution in [0.1, 0.15) is 23.0 Å². The normalized spacial score (nSPS) is 15.3. The first kappa shape index (κ1) is 18.3. The van der Waals surface area contributed by atoms with Gasteiger partial charge in [0.15, 0.2) is 16.9 Å². The maximum atomic E-state index is 12.3. The number of carbonyl (C=O) groups excluding carboxylic acids is 2. The molecule has 2 aromatic rings. The number of anilines is 1. The molecule has 7 nitrogen and oxygen atoms in total. The van der Waals surface area contributed by atoms with Gasteiger partial charge in [-0.25, -0.2) is 9.78 Å². The fourth-order valence-corrected chi connectivity index (χ4v) is 3.21. The van der Waals surface area contributed by atoms with Gasteiger partial charge in [0.2, 0.25) is 0 Å². The van der Waals surface area contributed by atoms with Crippen molar-refractivity contribution in [2.45, 2.75) is 19.6 Å². The van der Waals surface area contributed by atoms with Crippen molar-refractivity contribution < 1.29 is 19.1 Å². The molecule has 0 saturated carbocycles. The number of aromatic nitrogens is 1. The maximum absolute atomic E-state index is 12.3. The molecule has 1 aromatic carbocycles. The summed E-state index contributed by atoms with van der Waals surface area (Å²) in [6, 6.07) is 9.91. The molecule has 1 N–H and O–H groups in total. The molecule has 1 unspecified atom stereocenters. The second-order valence-corrected chi connectivity index (χ2v) is 6.72. The largest absolute Gasteiger partial charge is 0.448 e. The average molecular weight is 375 g/mol. The Bertz CT molecular complexity index is 744. The molecule has 26 heavy (non-hydrogen) atoms. The first-order valence-electron chi connectivity index (χ1n) is 8.44. The molecule has 1 saturated heterocycles. The van der Waals surface area contributed by atoms with Crippen molar-refractivity contribution in [1.29, 1.82) is 0 Å². The van der Waals surface area contributed by atoms with E-state index in [1.807, 2.05) is 30.3 Å². The molecule has 1 aromatic heterocycles. The van der Waals surface area contributed by atoms with Crippen molar-refractivity contribution in [3.05, 3.63) is 47.0 Å². The van der Waals surface area contributed by atoms with Crippen molar-refractivity contribution in [3.8, 4) is 0 Å². The number of benzene rings is 1. The second kappa shape index (κ2) is 8.77. The Labute approximate surface area is 155 Å². The van der Waals surface area contributed by atoms with Gasteiger partial charge in [-0.3, -0.25) is 4.79 Å². The number of hydrogen-bond donors (Lipinski definition) is 1. The zero-order chi connectivity index (χ0) is 18.4. The molecule has 0 aliphatic carbocycles. The third-order valence-corrected chi connectivity index (χ3v) is 4.75. The standard InChI is InChI=1S/C18H21N3O4S/c1-13(16(22)21-7-9-24-10-8-21)25-17(23)15-12-26-18(20-15)19-11-14-5-3-2-4-6-14/h2-6,12-13H,7-11H2,1H3,(H,19,20). The number of carbonyl (C=O) groups is 2. The molecule has 0 spiro atoms. The minimum atomic E-state index is -0.844. The quantitative estimate of drug-likeness (QED) is 0.780. The summed E-state index contributed by atoms with van der Waals surface area (Å²) in [7, 11) is 0. The Kier molecular flexibility index (Phi) is 6.19. The summed E-state index contributed by atoms with van der Waals surface area (Å²) in [6.07, 6.45) is -0.844. The summed E-state index contributed by atoms with van der Waals surface area (Å²) < 4.78 is 10.5. The van der Waals surface area contributed by atoms with Crippen molar-refractivity contribution >= 4 is 28.3 Å². The highest BCUT2D eigenvalue weighted by Crippen LogP contribution is 2.18. The van der Waals surface area contributed by atoms with Gasteiger partial charge in [-0.05, 0) is 12.5 Å². The molecular formula is C18H21N3O4S. The van der Waals surface area contributed by atoms with Crippen LogP contribution in [0.25, 0.3) is 0 Å². The molecule has 0 bridgehead atoms. The maximum Gasteiger partial charge on any atom is 0.358 e. The summed E-state index contributed by atoms with van der Waals surface area (Å²) in [4.78, 5) is 30.4. The van der Waals surface area contributed by atoms with Gasteiger partial charge >= 0.3 is 5.97 Å². The van der Waals surface area contributed by atoms with E-state index in [1.165, 1.54) is 11.3 Å². The SMILES string of the molecule is CC(OC(=O)c1csc(NCc2ccccc2)n1)C(=O)N1CCOCC1. The van der Waals surface area contributed by atoms with Crippen LogP contribution in [-0.2, 0) is 20.8 Å². The van der Waals surface area contributed by atoms with E-state index < -0.39 is 12.1 Å². The van der Waals surface area contributed by atoms with Crippen LogP contribution in [0, 0.1) is 0 Å². The number of rotatable bonds is 6. The number of nitrogens with zero attached hydrogens (tertiary/aromatic N) is 2. The number of esters is 1. The summed E-state index contributed by atoms with van der Waals surface area (Å²) in [5.74, 6) is -0.803. The van der Waals surface area contributed by atoms with Gasteiger partial charge in [0, 0.05) is 25.0 Å². The fraction of sp³-hybridized carbons (Fsp3) is 0.389. The highest BCUT2D eigenvalue weighted by atomic mass is 32.1. The zero-order valence-corrected chi connectivity index (χ0v) is 15.3. The molecule has 1 atom stereocenters. The summed E-state index contributed by atoms with van der Waals surface area (Å²) in [5, 5.41) is 5.43. The highest BCUT2D eigenvalue weighted by Gasteiger charge is 2.26. The summed E-state index contributed by atoms with van der Waals surface area (Å²) >= 11 is 1.33. The van der Waals surface area contributed by atoms with Crippen molar-refractivity contribution in [3.63, 3.8) is 0 Å². The lowest BCUT2D eigenvalue weighted by molar-refractivity contribution is -0.143. The van der Waals surface area contributed by atoms with Gasteiger partial charge < -0.3 is 19.7 Å². The number of amides is 1. The Balaban J connectivity index is 1.51. The molecule has 1 aliphatic rings. The smallest absolute Gasteiger partial charge is 0.358 e. The second-order valence-electron chi connectivity index (χ2n) is 5.86. The highest BCUT2D eigenvalue weighted by molar-refractivity contribution is 7.13. The van der Waals surface area contributed by atoms with Gasteiger partial charge in [0.1, 0.15) is 0 Å². The first-order valence-corrected chi connectivity index (χ1v) is 9.32. The Morgan fingerprint density at radius 3 is 2.77 bits per heavy atom. The molecule has 1 amide bonds.